The van der Waals surface area contributed by atoms with E-state index in [-0.39, 0.29) is 17.2 Å². The normalized spacial score (nSPS) is 18.0. The van der Waals surface area contributed by atoms with Crippen molar-refractivity contribution in [3.8, 4) is 0 Å². The smallest absolute Gasteiger partial charge is 0.241 e. The molecule has 1 N–H and O–H groups in total. The van der Waals surface area contributed by atoms with Crippen LogP contribution < -0.4 is 4.72 Å². The molecule has 0 aliphatic carbocycles. The molecule has 2 fully saturated rings. The molecule has 1 atom stereocenters. The van der Waals surface area contributed by atoms with Crippen LogP contribution in [-0.4, -0.2) is 68.4 Å². The van der Waals surface area contributed by atoms with Crippen LogP contribution >= 0.6 is 0 Å². The summed E-state index contributed by atoms with van der Waals surface area (Å²) < 4.78 is 36.8. The number of benzene rings is 3. The van der Waals surface area contributed by atoms with Crippen LogP contribution in [0.1, 0.15) is 62.1 Å². The molecule has 0 radical (unpaired) electrons. The van der Waals surface area contributed by atoms with E-state index in [1.807, 2.05) is 77.8 Å². The fourth-order valence-corrected chi connectivity index (χ4v) is 8.07. The van der Waals surface area contributed by atoms with Crippen molar-refractivity contribution in [2.45, 2.75) is 61.5 Å². The van der Waals surface area contributed by atoms with Gasteiger partial charge >= 0.3 is 0 Å². The number of hydrogen-bond acceptors (Lipinski definition) is 6. The quantitative estimate of drug-likeness (QED) is 0.190. The predicted octanol–water partition coefficient (Wildman–Crippen LogP) is 6.06. The minimum Gasteiger partial charge on any atom is -0.370 e. The summed E-state index contributed by atoms with van der Waals surface area (Å²) in [5.41, 5.74) is 1.30. The average molecular weight is 641 g/mol. The van der Waals surface area contributed by atoms with Gasteiger partial charge in [-0.05, 0) is 79.7 Å². The maximum absolute atomic E-state index is 13.8. The number of carbonyl (C=O) groups excluding carboxylic acids is 1. The van der Waals surface area contributed by atoms with E-state index in [4.69, 9.17) is 4.74 Å². The van der Waals surface area contributed by atoms with Gasteiger partial charge in [-0.25, -0.2) is 13.1 Å². The Kier molecular flexibility index (Phi) is 10.4. The molecule has 1 unspecified atom stereocenters. The largest absolute Gasteiger partial charge is 0.370 e. The Hall–Kier alpha value is -3.63. The van der Waals surface area contributed by atoms with E-state index in [1.54, 1.807) is 18.3 Å². The zero-order chi connectivity index (χ0) is 31.8. The summed E-state index contributed by atoms with van der Waals surface area (Å²) in [6, 6.07) is 25.4. The molecule has 1 aromatic heterocycles. The standard InChI is InChI=1S/C37H44N4O4S/c42-36(28-35(31-12-3-1-4-13-31)39-46(43,44)34-17-16-30-11-5-6-14-32(30)27-34)41-24-18-37(19-25-41,33-15-9-20-38-29-33)45-26-10-23-40-21-7-2-8-22-40/h1,3-6,9,11-17,20,27,29,35,39H,2,7-8,10,18-19,21-26,28H2. The third-order valence-corrected chi connectivity index (χ3v) is 10.9. The number of rotatable bonds is 12. The Morgan fingerprint density at radius 1 is 0.870 bits per heavy atom. The van der Waals surface area contributed by atoms with Crippen molar-refractivity contribution in [3.05, 3.63) is 108 Å². The second kappa shape index (κ2) is 14.9. The molecular formula is C37H44N4O4S. The highest BCUT2D eigenvalue weighted by atomic mass is 32.2. The van der Waals surface area contributed by atoms with Gasteiger partial charge in [0, 0.05) is 50.6 Å². The van der Waals surface area contributed by atoms with E-state index in [2.05, 4.69) is 20.7 Å². The fraction of sp³-hybridized carbons (Fsp3) is 0.405. The lowest BCUT2D eigenvalue weighted by molar-refractivity contribution is -0.140. The van der Waals surface area contributed by atoms with Crippen LogP contribution in [0.15, 0.2) is 102 Å². The van der Waals surface area contributed by atoms with Gasteiger partial charge in [0.05, 0.1) is 16.5 Å². The topological polar surface area (TPSA) is 91.8 Å². The van der Waals surface area contributed by atoms with Crippen molar-refractivity contribution in [2.24, 2.45) is 0 Å². The lowest BCUT2D eigenvalue weighted by Crippen LogP contribution is -2.47. The van der Waals surface area contributed by atoms with Gasteiger partial charge in [0.25, 0.3) is 0 Å². The first kappa shape index (κ1) is 32.3. The SMILES string of the molecule is O=C(CC(NS(=O)(=O)c1ccc2ccccc2c1)c1ccccc1)N1CCC(OCCCN2CCCCC2)(c2cccnc2)CC1. The number of aromatic nitrogens is 1. The molecule has 3 heterocycles. The van der Waals surface area contributed by atoms with Gasteiger partial charge in [0.15, 0.2) is 0 Å². The number of fused-ring (bicyclic) bond motifs is 1. The van der Waals surface area contributed by atoms with E-state index in [1.165, 1.54) is 32.4 Å². The zero-order valence-corrected chi connectivity index (χ0v) is 27.2. The van der Waals surface area contributed by atoms with Gasteiger partial charge in [-0.1, -0.05) is 73.2 Å². The number of piperidine rings is 2. The molecule has 2 aliphatic rings. The molecule has 1 amide bonds. The van der Waals surface area contributed by atoms with E-state index in [0.29, 0.717) is 32.5 Å². The number of ether oxygens (including phenoxy) is 1. The van der Waals surface area contributed by atoms with E-state index in [0.717, 1.165) is 34.9 Å². The van der Waals surface area contributed by atoms with Crippen molar-refractivity contribution in [1.29, 1.82) is 0 Å². The van der Waals surface area contributed by atoms with Crippen LogP contribution in [0.5, 0.6) is 0 Å². The number of hydrogen-bond donors (Lipinski definition) is 1. The van der Waals surface area contributed by atoms with Gasteiger partial charge in [-0.2, -0.15) is 0 Å². The van der Waals surface area contributed by atoms with Crippen LogP contribution in [-0.2, 0) is 25.2 Å². The summed E-state index contributed by atoms with van der Waals surface area (Å²) in [6.45, 7) is 5.10. The number of pyridine rings is 1. The highest BCUT2D eigenvalue weighted by Gasteiger charge is 2.39. The molecule has 0 saturated carbocycles. The molecule has 46 heavy (non-hydrogen) atoms. The Morgan fingerprint density at radius 2 is 1.61 bits per heavy atom. The number of likely N-dealkylation sites (tertiary alicyclic amines) is 2. The van der Waals surface area contributed by atoms with Gasteiger partial charge in [-0.15, -0.1) is 0 Å². The van der Waals surface area contributed by atoms with Crippen LogP contribution in [0, 0.1) is 0 Å². The molecule has 8 nitrogen and oxygen atoms in total. The third kappa shape index (κ3) is 7.83. The maximum atomic E-state index is 13.8. The van der Waals surface area contributed by atoms with Crippen LogP contribution in [0.25, 0.3) is 10.8 Å². The van der Waals surface area contributed by atoms with E-state index < -0.39 is 21.7 Å². The first-order valence-corrected chi connectivity index (χ1v) is 18.0. The summed E-state index contributed by atoms with van der Waals surface area (Å²) in [5, 5.41) is 1.81. The molecule has 3 aromatic carbocycles. The number of nitrogens with zero attached hydrogens (tertiary/aromatic N) is 3. The minimum atomic E-state index is -3.90. The predicted molar refractivity (Wildman–Crippen MR) is 181 cm³/mol. The molecule has 2 aliphatic heterocycles. The molecule has 0 bridgehead atoms. The lowest BCUT2D eigenvalue weighted by Gasteiger charge is -2.42. The third-order valence-electron chi connectivity index (χ3n) is 9.47. The molecule has 6 rings (SSSR count). The first-order chi connectivity index (χ1) is 22.4. The van der Waals surface area contributed by atoms with Gasteiger partial charge < -0.3 is 14.5 Å². The van der Waals surface area contributed by atoms with Gasteiger partial charge in [0.2, 0.25) is 15.9 Å². The number of nitrogens with one attached hydrogen (secondary N) is 1. The zero-order valence-electron chi connectivity index (χ0n) is 26.4. The summed E-state index contributed by atoms with van der Waals surface area (Å²) in [6.07, 6.45) is 9.85. The second-order valence-corrected chi connectivity index (χ2v) is 14.2. The monoisotopic (exact) mass is 640 g/mol. The van der Waals surface area contributed by atoms with E-state index >= 15 is 0 Å². The number of sulfonamides is 1. The summed E-state index contributed by atoms with van der Waals surface area (Å²) >= 11 is 0. The van der Waals surface area contributed by atoms with Crippen molar-refractivity contribution in [3.63, 3.8) is 0 Å². The highest BCUT2D eigenvalue weighted by Crippen LogP contribution is 2.37. The van der Waals surface area contributed by atoms with Crippen LogP contribution in [0.2, 0.25) is 0 Å². The molecule has 2 saturated heterocycles. The Morgan fingerprint density at radius 3 is 2.35 bits per heavy atom. The van der Waals surface area contributed by atoms with Crippen molar-refractivity contribution < 1.29 is 17.9 Å². The highest BCUT2D eigenvalue weighted by molar-refractivity contribution is 7.89. The Bertz CT molecular complexity index is 1690. The average Bonchev–Trinajstić information content (AvgIpc) is 3.11. The number of carbonyl (C=O) groups is 1. The molecule has 242 valence electrons. The minimum absolute atomic E-state index is 0.0212. The fourth-order valence-electron chi connectivity index (χ4n) is 6.81. The Balaban J connectivity index is 1.13. The van der Waals surface area contributed by atoms with Crippen molar-refractivity contribution in [1.82, 2.24) is 19.5 Å². The maximum Gasteiger partial charge on any atom is 0.241 e. The van der Waals surface area contributed by atoms with Crippen molar-refractivity contribution in [2.75, 3.05) is 39.3 Å². The summed E-state index contributed by atoms with van der Waals surface area (Å²) in [4.78, 5) is 22.7. The van der Waals surface area contributed by atoms with E-state index in [9.17, 15) is 13.2 Å². The van der Waals surface area contributed by atoms with Crippen LogP contribution in [0.4, 0.5) is 0 Å². The second-order valence-electron chi connectivity index (χ2n) is 12.5. The molecular weight excluding hydrogens is 596 g/mol. The lowest BCUT2D eigenvalue weighted by atomic mass is 9.84. The first-order valence-electron chi connectivity index (χ1n) is 16.5. The van der Waals surface area contributed by atoms with Gasteiger partial charge in [-0.3, -0.25) is 9.78 Å². The Labute approximate surface area is 272 Å². The van der Waals surface area contributed by atoms with Crippen LogP contribution in [0.3, 0.4) is 0 Å². The van der Waals surface area contributed by atoms with Crippen molar-refractivity contribution >= 4 is 26.7 Å². The summed E-state index contributed by atoms with van der Waals surface area (Å²) in [5.74, 6) is -0.0834. The number of amides is 1. The summed E-state index contributed by atoms with van der Waals surface area (Å²) in [7, 11) is -3.90. The molecule has 0 spiro atoms. The molecule has 9 heteroatoms. The van der Waals surface area contributed by atoms with Gasteiger partial charge in [0.1, 0.15) is 0 Å². The molecule has 4 aromatic rings.